The van der Waals surface area contributed by atoms with E-state index in [4.69, 9.17) is 19.9 Å². The van der Waals surface area contributed by atoms with Crippen molar-refractivity contribution in [1.82, 2.24) is 0 Å². The molecule has 12 heteroatoms. The topological polar surface area (TPSA) is 138 Å². The van der Waals surface area contributed by atoms with E-state index in [1.54, 1.807) is 30.3 Å². The number of aliphatic hydroxyl groups excluding tert-OH is 2. The standard InChI is InChI=1S/C36H38F3NO8/c1-33-11-10-22(42)13-20(33)6-8-24-26-15-30-35(29(44)17-41,34(26,2)16-27(43)31(24)33)48-32(46-30)25-14-23(7-9-28(25)47-36(37,38)39)45-18-19-4-3-5-21(40)12-19/h3-5,7,9-14,24,26-27,30-32,41,43H,6,8,15-18,40H2,1-2H3/t24-,26-,27-,30+,31+,32+,33-,34-,35+/m0/s1. The van der Waals surface area contributed by atoms with Crippen molar-refractivity contribution in [3.63, 3.8) is 0 Å². The summed E-state index contributed by atoms with van der Waals surface area (Å²) in [5.74, 6) is -1.63. The van der Waals surface area contributed by atoms with Gasteiger partial charge in [-0.05, 0) is 85.6 Å². The SMILES string of the molecule is C[C@]12C=CC(=O)C=C1CC[C@@H]1[C@@H]2[C@@H](O)C[C@@]2(C)[C@H]1C[C@H]1O[C@@H](c3cc(OCc4cccc(N)c4)ccc3OC(F)(F)F)O[C@]12C(=O)CO. The monoisotopic (exact) mass is 669 g/mol. The summed E-state index contributed by atoms with van der Waals surface area (Å²) in [6.45, 7) is 3.07. The molecule has 9 nitrogen and oxygen atoms in total. The van der Waals surface area contributed by atoms with Gasteiger partial charge in [0, 0.05) is 22.4 Å². The molecule has 48 heavy (non-hydrogen) atoms. The van der Waals surface area contributed by atoms with E-state index in [1.807, 2.05) is 19.9 Å². The number of rotatable bonds is 7. The fourth-order valence-electron chi connectivity index (χ4n) is 9.69. The van der Waals surface area contributed by atoms with Gasteiger partial charge in [-0.3, -0.25) is 9.59 Å². The maximum absolute atomic E-state index is 13.9. The number of fused-ring (bicyclic) bond motifs is 7. The number of carbonyl (C=O) groups is 2. The molecule has 0 radical (unpaired) electrons. The molecule has 5 aliphatic rings. The molecule has 9 atom stereocenters. The summed E-state index contributed by atoms with van der Waals surface area (Å²) < 4.78 is 63.9. The number of anilines is 1. The normalized spacial score (nSPS) is 36.8. The van der Waals surface area contributed by atoms with E-state index in [-0.39, 0.29) is 47.9 Å². The Hall–Kier alpha value is -3.71. The van der Waals surface area contributed by atoms with Crippen molar-refractivity contribution in [1.29, 1.82) is 0 Å². The number of nitrogen functional groups attached to an aromatic ring is 1. The van der Waals surface area contributed by atoms with Gasteiger partial charge in [0.15, 0.2) is 23.5 Å². The third kappa shape index (κ3) is 5.07. The minimum Gasteiger partial charge on any atom is -0.489 e. The quantitative estimate of drug-likeness (QED) is 0.333. The highest BCUT2D eigenvalue weighted by molar-refractivity contribution is 6.01. The van der Waals surface area contributed by atoms with Crippen LogP contribution in [0.25, 0.3) is 0 Å². The molecule has 0 unspecified atom stereocenters. The summed E-state index contributed by atoms with van der Waals surface area (Å²) in [5.41, 5.74) is 4.62. The lowest BCUT2D eigenvalue weighted by atomic mass is 9.46. The van der Waals surface area contributed by atoms with Crippen molar-refractivity contribution in [2.24, 2.45) is 28.6 Å². The lowest BCUT2D eigenvalue weighted by Gasteiger charge is -2.59. The minimum atomic E-state index is -5.03. The van der Waals surface area contributed by atoms with Crippen LogP contribution in [0.15, 0.2) is 66.3 Å². The number of ether oxygens (including phenoxy) is 4. The number of hydrogen-bond acceptors (Lipinski definition) is 9. The molecule has 0 spiro atoms. The first-order valence-electron chi connectivity index (χ1n) is 16.1. The molecule has 2 aromatic carbocycles. The molecular formula is C36H38F3NO8. The number of alkyl halides is 3. The number of Topliss-reactive ketones (excluding diaryl/α,β-unsaturated/α-hetero) is 1. The smallest absolute Gasteiger partial charge is 0.489 e. The van der Waals surface area contributed by atoms with E-state index in [9.17, 15) is 33.0 Å². The van der Waals surface area contributed by atoms with Crippen LogP contribution in [-0.4, -0.2) is 52.6 Å². The Bertz CT molecular complexity index is 1710. The average Bonchev–Trinajstić information content (AvgIpc) is 3.52. The van der Waals surface area contributed by atoms with Crippen LogP contribution in [0.4, 0.5) is 18.9 Å². The zero-order valence-corrected chi connectivity index (χ0v) is 26.5. The van der Waals surface area contributed by atoms with Crippen molar-refractivity contribution >= 4 is 17.3 Å². The molecule has 4 N–H and O–H groups in total. The first-order chi connectivity index (χ1) is 22.7. The maximum Gasteiger partial charge on any atom is 0.573 e. The van der Waals surface area contributed by atoms with Crippen LogP contribution in [0.5, 0.6) is 11.5 Å². The highest BCUT2D eigenvalue weighted by atomic mass is 19.4. The molecule has 7 rings (SSSR count). The number of carbonyl (C=O) groups excluding carboxylic acids is 2. The minimum absolute atomic E-state index is 0.0747. The number of hydrogen-bond donors (Lipinski definition) is 3. The van der Waals surface area contributed by atoms with E-state index < -0.39 is 59.4 Å². The van der Waals surface area contributed by atoms with Gasteiger partial charge in [0.2, 0.25) is 0 Å². The summed E-state index contributed by atoms with van der Waals surface area (Å²) in [6, 6.07) is 10.7. The predicted octanol–water partition coefficient (Wildman–Crippen LogP) is 5.35. The van der Waals surface area contributed by atoms with Gasteiger partial charge >= 0.3 is 6.36 Å². The lowest BCUT2D eigenvalue weighted by molar-refractivity contribution is -0.275. The Kier molecular flexibility index (Phi) is 7.82. The molecule has 256 valence electrons. The lowest BCUT2D eigenvalue weighted by Crippen LogP contribution is -2.63. The Morgan fingerprint density at radius 1 is 1.17 bits per heavy atom. The maximum atomic E-state index is 13.9. The molecule has 1 heterocycles. The van der Waals surface area contributed by atoms with Gasteiger partial charge in [-0.25, -0.2) is 0 Å². The van der Waals surface area contributed by atoms with E-state index >= 15 is 0 Å². The molecule has 1 aliphatic heterocycles. The summed E-state index contributed by atoms with van der Waals surface area (Å²) in [4.78, 5) is 26.1. The van der Waals surface area contributed by atoms with Gasteiger partial charge in [-0.2, -0.15) is 0 Å². The van der Waals surface area contributed by atoms with Crippen molar-refractivity contribution < 1.29 is 51.9 Å². The first-order valence-corrected chi connectivity index (χ1v) is 16.1. The number of allylic oxidation sites excluding steroid dienone is 4. The second kappa shape index (κ2) is 11.4. The van der Waals surface area contributed by atoms with E-state index in [0.717, 1.165) is 17.2 Å². The Labute approximate surface area is 275 Å². The van der Waals surface area contributed by atoms with Crippen LogP contribution >= 0.6 is 0 Å². The third-order valence-corrected chi connectivity index (χ3v) is 11.6. The zero-order valence-electron chi connectivity index (χ0n) is 26.5. The van der Waals surface area contributed by atoms with Crippen LogP contribution in [-0.2, 0) is 25.7 Å². The number of aliphatic hydroxyl groups is 2. The van der Waals surface area contributed by atoms with Gasteiger partial charge < -0.3 is 34.9 Å². The Morgan fingerprint density at radius 3 is 2.69 bits per heavy atom. The van der Waals surface area contributed by atoms with Crippen LogP contribution < -0.4 is 15.2 Å². The van der Waals surface area contributed by atoms with Crippen molar-refractivity contribution in [3.8, 4) is 11.5 Å². The van der Waals surface area contributed by atoms with E-state index in [0.29, 0.717) is 24.9 Å². The first kappa shape index (κ1) is 32.8. The second-order valence-corrected chi connectivity index (χ2v) is 14.1. The number of ketones is 2. The summed E-state index contributed by atoms with van der Waals surface area (Å²) in [5, 5.41) is 22.1. The van der Waals surface area contributed by atoms with Crippen LogP contribution in [0.2, 0.25) is 0 Å². The van der Waals surface area contributed by atoms with Gasteiger partial charge in [-0.15, -0.1) is 13.2 Å². The van der Waals surface area contributed by atoms with Gasteiger partial charge in [-0.1, -0.05) is 37.6 Å². The third-order valence-electron chi connectivity index (χ3n) is 11.6. The van der Waals surface area contributed by atoms with Crippen molar-refractivity contribution in [2.75, 3.05) is 12.3 Å². The fourth-order valence-corrected chi connectivity index (χ4v) is 9.69. The molecule has 3 saturated carbocycles. The molecule has 1 saturated heterocycles. The van der Waals surface area contributed by atoms with E-state index in [2.05, 4.69) is 4.74 Å². The fraction of sp³-hybridized carbons (Fsp3) is 0.500. The molecule has 4 aliphatic carbocycles. The average molecular weight is 670 g/mol. The Morgan fingerprint density at radius 2 is 1.96 bits per heavy atom. The Balaban J connectivity index is 1.23. The molecule has 0 amide bonds. The number of benzene rings is 2. The zero-order chi connectivity index (χ0) is 34.2. The van der Waals surface area contributed by atoms with Gasteiger partial charge in [0.25, 0.3) is 0 Å². The second-order valence-electron chi connectivity index (χ2n) is 14.1. The highest BCUT2D eigenvalue weighted by Crippen LogP contribution is 2.70. The number of nitrogens with two attached hydrogens (primary N) is 1. The van der Waals surface area contributed by atoms with Crippen molar-refractivity contribution in [2.45, 2.75) is 76.6 Å². The van der Waals surface area contributed by atoms with Crippen LogP contribution in [0, 0.1) is 28.6 Å². The van der Waals surface area contributed by atoms with Crippen LogP contribution in [0.3, 0.4) is 0 Å². The molecule has 4 fully saturated rings. The summed E-state index contributed by atoms with van der Waals surface area (Å²) >= 11 is 0. The van der Waals surface area contributed by atoms with Gasteiger partial charge in [0.1, 0.15) is 24.7 Å². The highest BCUT2D eigenvalue weighted by Gasteiger charge is 2.76. The number of halogens is 3. The summed E-state index contributed by atoms with van der Waals surface area (Å²) in [6.07, 6.45) is -1.51. The van der Waals surface area contributed by atoms with Crippen molar-refractivity contribution in [3.05, 3.63) is 77.4 Å². The van der Waals surface area contributed by atoms with Gasteiger partial charge in [0.05, 0.1) is 17.8 Å². The predicted molar refractivity (Wildman–Crippen MR) is 165 cm³/mol. The molecular weight excluding hydrogens is 631 g/mol. The molecule has 2 aromatic rings. The summed E-state index contributed by atoms with van der Waals surface area (Å²) in [7, 11) is 0. The van der Waals surface area contributed by atoms with E-state index in [1.165, 1.54) is 18.2 Å². The largest absolute Gasteiger partial charge is 0.573 e. The van der Waals surface area contributed by atoms with Crippen LogP contribution in [0.1, 0.15) is 56.9 Å². The molecule has 0 bridgehead atoms. The molecule has 0 aromatic heterocycles.